The van der Waals surface area contributed by atoms with E-state index in [4.69, 9.17) is 9.40 Å². The quantitative estimate of drug-likeness (QED) is 0.432. The minimum Gasteiger partial charge on any atom is -0.463 e. The van der Waals surface area contributed by atoms with Gasteiger partial charge in [0.05, 0.1) is 29.4 Å². The zero-order valence-corrected chi connectivity index (χ0v) is 17.6. The molecule has 0 bridgehead atoms. The smallest absolute Gasteiger partial charge is 0.268 e. The van der Waals surface area contributed by atoms with E-state index >= 15 is 0 Å². The maximum Gasteiger partial charge on any atom is 0.268 e. The predicted molar refractivity (Wildman–Crippen MR) is 121 cm³/mol. The van der Waals surface area contributed by atoms with E-state index in [0.29, 0.717) is 24.4 Å². The summed E-state index contributed by atoms with van der Waals surface area (Å²) in [5.41, 5.74) is 6.58. The second-order valence-corrected chi connectivity index (χ2v) is 7.66. The number of para-hydroxylation sites is 2. The Kier molecular flexibility index (Phi) is 4.82. The van der Waals surface area contributed by atoms with Crippen molar-refractivity contribution in [3.8, 4) is 0 Å². The highest BCUT2D eigenvalue weighted by molar-refractivity contribution is 5.97. The number of rotatable bonds is 6. The molecule has 1 amide bonds. The van der Waals surface area contributed by atoms with Gasteiger partial charge in [0.2, 0.25) is 0 Å². The molecule has 5 rings (SSSR count). The van der Waals surface area contributed by atoms with Gasteiger partial charge in [-0.25, -0.2) is 4.98 Å². The molecule has 0 unspecified atom stereocenters. The Hall–Kier alpha value is -3.80. The third kappa shape index (κ3) is 3.40. The molecule has 0 saturated heterocycles. The number of fused-ring (bicyclic) bond motifs is 2. The van der Waals surface area contributed by atoms with Gasteiger partial charge in [0.1, 0.15) is 11.5 Å². The van der Waals surface area contributed by atoms with Crippen molar-refractivity contribution in [3.05, 3.63) is 89.6 Å². The van der Waals surface area contributed by atoms with E-state index in [1.165, 1.54) is 11.1 Å². The van der Waals surface area contributed by atoms with Crippen molar-refractivity contribution >= 4 is 28.0 Å². The number of carbonyl (C=O) groups excluding carboxylic acids is 1. The molecule has 0 fully saturated rings. The fourth-order valence-corrected chi connectivity index (χ4v) is 4.16. The van der Waals surface area contributed by atoms with Gasteiger partial charge in [0.15, 0.2) is 5.58 Å². The Labute approximate surface area is 180 Å². The molecular formula is C25H24N4O2. The second-order valence-electron chi connectivity index (χ2n) is 7.66. The van der Waals surface area contributed by atoms with Gasteiger partial charge in [-0.3, -0.25) is 4.79 Å². The van der Waals surface area contributed by atoms with E-state index in [2.05, 4.69) is 41.9 Å². The average Bonchev–Trinajstić information content (AvgIpc) is 3.47. The van der Waals surface area contributed by atoms with Crippen molar-refractivity contribution in [1.29, 1.82) is 0 Å². The number of aromatic nitrogens is 3. The van der Waals surface area contributed by atoms with Crippen LogP contribution in [0.5, 0.6) is 0 Å². The summed E-state index contributed by atoms with van der Waals surface area (Å²) in [6.07, 6.45) is 1.66. The monoisotopic (exact) mass is 412 g/mol. The lowest BCUT2D eigenvalue weighted by atomic mass is 10.1. The van der Waals surface area contributed by atoms with Crippen LogP contribution in [-0.4, -0.2) is 20.0 Å². The van der Waals surface area contributed by atoms with Crippen LogP contribution in [0.1, 0.15) is 34.4 Å². The Morgan fingerprint density at radius 2 is 1.84 bits per heavy atom. The largest absolute Gasteiger partial charge is 0.463 e. The Morgan fingerprint density at radius 1 is 1.03 bits per heavy atom. The highest BCUT2D eigenvalue weighted by Gasteiger charge is 2.19. The molecule has 2 aromatic carbocycles. The maximum atomic E-state index is 13.2. The van der Waals surface area contributed by atoms with Crippen LogP contribution in [-0.2, 0) is 19.6 Å². The normalized spacial score (nSPS) is 11.4. The molecule has 0 aliphatic heterocycles. The third-order valence-corrected chi connectivity index (χ3v) is 5.80. The van der Waals surface area contributed by atoms with Gasteiger partial charge in [-0.05, 0) is 37.1 Å². The van der Waals surface area contributed by atoms with Crippen molar-refractivity contribution in [2.45, 2.75) is 33.5 Å². The minimum atomic E-state index is -0.144. The topological polar surface area (TPSA) is 65.0 Å². The third-order valence-electron chi connectivity index (χ3n) is 5.80. The van der Waals surface area contributed by atoms with E-state index in [0.717, 1.165) is 28.9 Å². The number of nitrogens with zero attached hydrogens (tertiary/aromatic N) is 3. The lowest BCUT2D eigenvalue weighted by Gasteiger charge is -2.13. The molecule has 3 heterocycles. The Bertz CT molecular complexity index is 1390. The van der Waals surface area contributed by atoms with Gasteiger partial charge in [0.25, 0.3) is 5.91 Å². The van der Waals surface area contributed by atoms with Gasteiger partial charge in [0, 0.05) is 25.2 Å². The summed E-state index contributed by atoms with van der Waals surface area (Å²) >= 11 is 0. The van der Waals surface area contributed by atoms with Crippen LogP contribution in [0.4, 0.5) is 0 Å². The van der Waals surface area contributed by atoms with Gasteiger partial charge < -0.3 is 18.9 Å². The van der Waals surface area contributed by atoms with Crippen molar-refractivity contribution in [2.75, 3.05) is 0 Å². The van der Waals surface area contributed by atoms with E-state index in [1.807, 2.05) is 47.0 Å². The molecule has 0 spiro atoms. The van der Waals surface area contributed by atoms with Crippen LogP contribution in [0.15, 0.2) is 71.3 Å². The van der Waals surface area contributed by atoms with Crippen LogP contribution >= 0.6 is 0 Å². The molecule has 1 N–H and O–H groups in total. The number of furan rings is 1. The first kappa shape index (κ1) is 19.2. The molecule has 6 nitrogen and oxygen atoms in total. The number of hydrogen-bond acceptors (Lipinski definition) is 3. The van der Waals surface area contributed by atoms with Gasteiger partial charge >= 0.3 is 0 Å². The van der Waals surface area contributed by atoms with Gasteiger partial charge in [-0.1, -0.05) is 36.4 Å². The molecule has 31 heavy (non-hydrogen) atoms. The van der Waals surface area contributed by atoms with Crippen molar-refractivity contribution in [2.24, 2.45) is 0 Å². The summed E-state index contributed by atoms with van der Waals surface area (Å²) in [7, 11) is 0. The van der Waals surface area contributed by atoms with Crippen LogP contribution in [0.3, 0.4) is 0 Å². The second kappa shape index (κ2) is 7.80. The standard InChI is InChI=1S/C25H24N4O2/c1-3-28-20-11-7-6-10-19(20)27-24(28)15-26-25(30)22-14-23-21(12-13-31-23)29(22)16-18-9-5-4-8-17(18)2/h4-14H,3,15-16H2,1-2H3,(H,26,30). The number of benzene rings is 2. The number of nitrogens with one attached hydrogen (secondary N) is 1. The number of aryl methyl sites for hydroxylation is 2. The first-order valence-electron chi connectivity index (χ1n) is 10.5. The molecule has 0 saturated carbocycles. The summed E-state index contributed by atoms with van der Waals surface area (Å²) in [5.74, 6) is 0.701. The average molecular weight is 412 g/mol. The lowest BCUT2D eigenvalue weighted by molar-refractivity contribution is 0.0941. The molecule has 6 heteroatoms. The first-order valence-corrected chi connectivity index (χ1v) is 10.5. The zero-order chi connectivity index (χ0) is 21.4. The summed E-state index contributed by atoms with van der Waals surface area (Å²) < 4.78 is 9.73. The van der Waals surface area contributed by atoms with E-state index in [1.54, 1.807) is 6.26 Å². The molecule has 0 radical (unpaired) electrons. The molecule has 5 aromatic rings. The number of amides is 1. The molecule has 156 valence electrons. The van der Waals surface area contributed by atoms with Crippen molar-refractivity contribution < 1.29 is 9.21 Å². The van der Waals surface area contributed by atoms with E-state index < -0.39 is 0 Å². The summed E-state index contributed by atoms with van der Waals surface area (Å²) in [4.78, 5) is 17.9. The SMILES string of the molecule is CCn1c(CNC(=O)c2cc3occc3n2Cc2ccccc2C)nc2ccccc21. The summed E-state index contributed by atoms with van der Waals surface area (Å²) in [5, 5.41) is 3.06. The summed E-state index contributed by atoms with van der Waals surface area (Å²) in [6.45, 7) is 5.92. The van der Waals surface area contributed by atoms with Crippen LogP contribution in [0, 0.1) is 6.92 Å². The molecule has 0 aliphatic carbocycles. The zero-order valence-electron chi connectivity index (χ0n) is 17.6. The fraction of sp³-hybridized carbons (Fsp3) is 0.200. The minimum absolute atomic E-state index is 0.144. The van der Waals surface area contributed by atoms with E-state index in [-0.39, 0.29) is 5.91 Å². The van der Waals surface area contributed by atoms with Gasteiger partial charge in [-0.15, -0.1) is 0 Å². The number of carbonyl (C=O) groups is 1. The highest BCUT2D eigenvalue weighted by Crippen LogP contribution is 2.24. The maximum absolute atomic E-state index is 13.2. The number of hydrogen-bond donors (Lipinski definition) is 1. The molecular weight excluding hydrogens is 388 g/mol. The predicted octanol–water partition coefficient (Wildman–Crippen LogP) is 4.89. The summed E-state index contributed by atoms with van der Waals surface area (Å²) in [6, 6.07) is 20.0. The highest BCUT2D eigenvalue weighted by atomic mass is 16.3. The van der Waals surface area contributed by atoms with Gasteiger partial charge in [-0.2, -0.15) is 0 Å². The van der Waals surface area contributed by atoms with E-state index in [9.17, 15) is 4.79 Å². The van der Waals surface area contributed by atoms with Crippen LogP contribution < -0.4 is 5.32 Å². The first-order chi connectivity index (χ1) is 15.2. The van der Waals surface area contributed by atoms with Crippen molar-refractivity contribution in [1.82, 2.24) is 19.4 Å². The Balaban J connectivity index is 1.44. The fourth-order valence-electron chi connectivity index (χ4n) is 4.16. The van der Waals surface area contributed by atoms with Crippen LogP contribution in [0.25, 0.3) is 22.1 Å². The molecule has 0 atom stereocenters. The molecule has 0 aliphatic rings. The number of imidazole rings is 1. The van der Waals surface area contributed by atoms with Crippen LogP contribution in [0.2, 0.25) is 0 Å². The van der Waals surface area contributed by atoms with Crippen molar-refractivity contribution in [3.63, 3.8) is 0 Å². The lowest BCUT2D eigenvalue weighted by Crippen LogP contribution is -2.27. The Morgan fingerprint density at radius 3 is 2.68 bits per heavy atom. The molecule has 3 aromatic heterocycles.